The molecule has 2 amide bonds. The number of carbonyl (C=O) groups is 3. The fraction of sp³-hybridized carbons (Fsp3) is 0.318. The van der Waals surface area contributed by atoms with Crippen LogP contribution in [0.2, 0.25) is 0 Å². The average Bonchev–Trinajstić information content (AvgIpc) is 2.75. The molecule has 0 aliphatic rings. The molecule has 8 nitrogen and oxygen atoms in total. The fourth-order valence-electron chi connectivity index (χ4n) is 2.52. The predicted molar refractivity (Wildman–Crippen MR) is 119 cm³/mol. The lowest BCUT2D eigenvalue weighted by Gasteiger charge is -2.14. The zero-order valence-corrected chi connectivity index (χ0v) is 19.2. The quantitative estimate of drug-likeness (QED) is 0.491. The lowest BCUT2D eigenvalue weighted by atomic mass is 10.2. The number of benzene rings is 2. The van der Waals surface area contributed by atoms with Crippen molar-refractivity contribution < 1.29 is 28.6 Å². The zero-order chi connectivity index (χ0) is 22.8. The molecule has 2 aromatic rings. The minimum Gasteiger partial charge on any atom is -0.490 e. The van der Waals surface area contributed by atoms with E-state index in [0.717, 1.165) is 4.47 Å². The molecule has 0 saturated carbocycles. The van der Waals surface area contributed by atoms with Crippen LogP contribution in [0, 0.1) is 0 Å². The van der Waals surface area contributed by atoms with Crippen LogP contribution in [-0.2, 0) is 14.3 Å². The minimum atomic E-state index is -1.02. The number of hydrogen-bond donors (Lipinski definition) is 2. The van der Waals surface area contributed by atoms with Crippen molar-refractivity contribution in [3.05, 3.63) is 52.5 Å². The van der Waals surface area contributed by atoms with Crippen LogP contribution >= 0.6 is 15.9 Å². The standard InChI is InChI=1S/C22H25BrN2O6/c1-4-29-18-11-6-15(12-19(18)30-5-2)22(28)24-13-20(26)31-14(3)21(27)25-17-9-7-16(23)8-10-17/h6-12,14H,4-5,13H2,1-3H3,(H,24,28)(H,25,27). The molecule has 0 aliphatic carbocycles. The summed E-state index contributed by atoms with van der Waals surface area (Å²) in [6.45, 7) is 5.62. The molecule has 2 N–H and O–H groups in total. The third-order valence-corrected chi connectivity index (χ3v) is 4.52. The Kier molecular flexibility index (Phi) is 9.33. The van der Waals surface area contributed by atoms with Gasteiger partial charge in [-0.2, -0.15) is 0 Å². The third kappa shape index (κ3) is 7.60. The topological polar surface area (TPSA) is 103 Å². The number of halogens is 1. The molecule has 166 valence electrons. The molecule has 2 aromatic carbocycles. The Labute approximate surface area is 189 Å². The largest absolute Gasteiger partial charge is 0.490 e. The van der Waals surface area contributed by atoms with E-state index >= 15 is 0 Å². The maximum Gasteiger partial charge on any atom is 0.326 e. The number of esters is 1. The Morgan fingerprint density at radius 3 is 2.26 bits per heavy atom. The second-order valence-corrected chi connectivity index (χ2v) is 7.25. The second-order valence-electron chi connectivity index (χ2n) is 6.34. The number of anilines is 1. The Morgan fingerprint density at radius 1 is 0.968 bits per heavy atom. The minimum absolute atomic E-state index is 0.306. The first-order chi connectivity index (χ1) is 14.8. The van der Waals surface area contributed by atoms with E-state index in [4.69, 9.17) is 14.2 Å². The number of nitrogens with one attached hydrogen (secondary N) is 2. The van der Waals surface area contributed by atoms with Crippen LogP contribution in [0.25, 0.3) is 0 Å². The Hall–Kier alpha value is -3.07. The van der Waals surface area contributed by atoms with Crippen LogP contribution in [-0.4, -0.2) is 43.6 Å². The van der Waals surface area contributed by atoms with E-state index in [1.165, 1.54) is 6.92 Å². The van der Waals surface area contributed by atoms with Crippen LogP contribution in [0.3, 0.4) is 0 Å². The van der Waals surface area contributed by atoms with E-state index in [2.05, 4.69) is 26.6 Å². The smallest absolute Gasteiger partial charge is 0.326 e. The summed E-state index contributed by atoms with van der Waals surface area (Å²) in [5.74, 6) is -0.714. The van der Waals surface area contributed by atoms with Crippen molar-refractivity contribution in [2.45, 2.75) is 26.9 Å². The van der Waals surface area contributed by atoms with E-state index in [0.29, 0.717) is 36.0 Å². The van der Waals surface area contributed by atoms with E-state index in [1.807, 2.05) is 13.8 Å². The SMILES string of the molecule is CCOc1ccc(C(=O)NCC(=O)OC(C)C(=O)Nc2ccc(Br)cc2)cc1OCC. The van der Waals surface area contributed by atoms with Gasteiger partial charge >= 0.3 is 5.97 Å². The van der Waals surface area contributed by atoms with Gasteiger partial charge in [0, 0.05) is 15.7 Å². The number of carbonyl (C=O) groups excluding carboxylic acids is 3. The molecule has 0 aliphatic heterocycles. The molecule has 0 fully saturated rings. The van der Waals surface area contributed by atoms with Crippen molar-refractivity contribution >= 4 is 39.4 Å². The van der Waals surface area contributed by atoms with Crippen molar-refractivity contribution in [3.8, 4) is 11.5 Å². The number of hydrogen-bond acceptors (Lipinski definition) is 6. The molecule has 1 unspecified atom stereocenters. The lowest BCUT2D eigenvalue weighted by Crippen LogP contribution is -2.35. The van der Waals surface area contributed by atoms with Crippen molar-refractivity contribution in [2.75, 3.05) is 25.1 Å². The Balaban J connectivity index is 1.87. The van der Waals surface area contributed by atoms with Crippen LogP contribution in [0.15, 0.2) is 46.9 Å². The fourth-order valence-corrected chi connectivity index (χ4v) is 2.78. The van der Waals surface area contributed by atoms with Crippen molar-refractivity contribution in [3.63, 3.8) is 0 Å². The molecule has 31 heavy (non-hydrogen) atoms. The number of rotatable bonds is 10. The van der Waals surface area contributed by atoms with Crippen molar-refractivity contribution in [2.24, 2.45) is 0 Å². The molecular weight excluding hydrogens is 468 g/mol. The molecule has 0 aromatic heterocycles. The van der Waals surface area contributed by atoms with Gasteiger partial charge in [-0.05, 0) is 63.2 Å². The van der Waals surface area contributed by atoms with Crippen LogP contribution in [0.5, 0.6) is 11.5 Å². The maximum absolute atomic E-state index is 12.4. The number of ether oxygens (including phenoxy) is 3. The monoisotopic (exact) mass is 492 g/mol. The molecule has 0 spiro atoms. The summed E-state index contributed by atoms with van der Waals surface area (Å²) in [6, 6.07) is 11.7. The van der Waals surface area contributed by atoms with Gasteiger partial charge < -0.3 is 24.8 Å². The van der Waals surface area contributed by atoms with Gasteiger partial charge in [-0.25, -0.2) is 0 Å². The lowest BCUT2D eigenvalue weighted by molar-refractivity contribution is -0.152. The second kappa shape index (κ2) is 11.9. The van der Waals surface area contributed by atoms with Crippen LogP contribution in [0.4, 0.5) is 5.69 Å². The van der Waals surface area contributed by atoms with Crippen molar-refractivity contribution in [1.29, 1.82) is 0 Å². The van der Waals surface area contributed by atoms with Gasteiger partial charge in [0.25, 0.3) is 11.8 Å². The van der Waals surface area contributed by atoms with E-state index in [9.17, 15) is 14.4 Å². The Morgan fingerprint density at radius 2 is 1.61 bits per heavy atom. The highest BCUT2D eigenvalue weighted by atomic mass is 79.9. The van der Waals surface area contributed by atoms with Crippen molar-refractivity contribution in [1.82, 2.24) is 5.32 Å². The molecular formula is C22H25BrN2O6. The summed E-state index contributed by atoms with van der Waals surface area (Å²) in [4.78, 5) is 36.6. The van der Waals surface area contributed by atoms with Gasteiger partial charge in [0.05, 0.1) is 13.2 Å². The molecule has 0 bridgehead atoms. The Bertz CT molecular complexity index is 917. The summed E-state index contributed by atoms with van der Waals surface area (Å²) in [6.07, 6.45) is -1.02. The van der Waals surface area contributed by atoms with Gasteiger partial charge in [0.15, 0.2) is 17.6 Å². The zero-order valence-electron chi connectivity index (χ0n) is 17.6. The first kappa shape index (κ1) is 24.2. The van der Waals surface area contributed by atoms with Gasteiger partial charge in [-0.3, -0.25) is 14.4 Å². The number of amides is 2. The molecule has 0 radical (unpaired) electrons. The molecule has 0 heterocycles. The highest BCUT2D eigenvalue weighted by Gasteiger charge is 2.19. The van der Waals surface area contributed by atoms with Crippen LogP contribution in [0.1, 0.15) is 31.1 Å². The summed E-state index contributed by atoms with van der Waals surface area (Å²) in [7, 11) is 0. The van der Waals surface area contributed by atoms with E-state index in [-0.39, 0.29) is 6.54 Å². The average molecular weight is 493 g/mol. The first-order valence-corrected chi connectivity index (χ1v) is 10.6. The normalized spacial score (nSPS) is 11.2. The maximum atomic E-state index is 12.4. The first-order valence-electron chi connectivity index (χ1n) is 9.77. The van der Waals surface area contributed by atoms with Gasteiger partial charge in [0.1, 0.15) is 6.54 Å². The predicted octanol–water partition coefficient (Wildman–Crippen LogP) is 3.55. The molecule has 0 saturated heterocycles. The highest BCUT2D eigenvalue weighted by Crippen LogP contribution is 2.28. The summed E-state index contributed by atoms with van der Waals surface area (Å²) in [5, 5.41) is 5.12. The summed E-state index contributed by atoms with van der Waals surface area (Å²) in [5.41, 5.74) is 0.880. The summed E-state index contributed by atoms with van der Waals surface area (Å²) >= 11 is 3.31. The van der Waals surface area contributed by atoms with Crippen LogP contribution < -0.4 is 20.1 Å². The van der Waals surface area contributed by atoms with Gasteiger partial charge in [0.2, 0.25) is 0 Å². The van der Waals surface area contributed by atoms with Gasteiger partial charge in [-0.1, -0.05) is 15.9 Å². The molecule has 1 atom stereocenters. The highest BCUT2D eigenvalue weighted by molar-refractivity contribution is 9.10. The van der Waals surface area contributed by atoms with E-state index in [1.54, 1.807) is 42.5 Å². The molecule has 9 heteroatoms. The summed E-state index contributed by atoms with van der Waals surface area (Å²) < 4.78 is 16.9. The van der Waals surface area contributed by atoms with E-state index < -0.39 is 23.9 Å². The third-order valence-electron chi connectivity index (χ3n) is 3.99. The van der Waals surface area contributed by atoms with Gasteiger partial charge in [-0.15, -0.1) is 0 Å². The molecule has 2 rings (SSSR count).